The van der Waals surface area contributed by atoms with Crippen LogP contribution in [0.25, 0.3) is 5.32 Å². The number of amides is 4. The molecule has 0 aromatic heterocycles. The second-order valence-electron chi connectivity index (χ2n) is 2.21. The standard InChI is InChI=1S/C6H9N3O2.Y/c1-4-7-5(10)9(3)6(11)8(4)2;/h1H2,2-3H3,(H,7,10);/p-1. The van der Waals surface area contributed by atoms with Gasteiger partial charge in [0.25, 0.3) is 0 Å². The average molecular weight is 243 g/mol. The molecule has 1 heterocycles. The first-order valence-electron chi connectivity index (χ1n) is 3.00. The summed E-state index contributed by atoms with van der Waals surface area (Å²) in [6.07, 6.45) is 0. The monoisotopic (exact) mass is 243 g/mol. The van der Waals surface area contributed by atoms with Crippen LogP contribution in [0.4, 0.5) is 9.59 Å². The maximum absolute atomic E-state index is 11.1. The predicted octanol–water partition coefficient (Wildman–Crippen LogP) is 0.946. The van der Waals surface area contributed by atoms with Gasteiger partial charge in [0.05, 0.1) is 0 Å². The minimum atomic E-state index is -0.571. The Morgan fingerprint density at radius 1 is 1.25 bits per heavy atom. The Bertz CT molecular complexity index is 219. The fourth-order valence-corrected chi connectivity index (χ4v) is 0.678. The summed E-state index contributed by atoms with van der Waals surface area (Å²) in [5.74, 6) is 0.179. The molecule has 1 radical (unpaired) electrons. The topological polar surface area (TPSA) is 54.7 Å². The fourth-order valence-electron chi connectivity index (χ4n) is 0.678. The van der Waals surface area contributed by atoms with Gasteiger partial charge < -0.3 is 15.1 Å². The molecule has 0 bridgehead atoms. The average Bonchev–Trinajstić information content (AvgIpc) is 1.97. The maximum Gasteiger partial charge on any atom is 0.225 e. The first-order valence-corrected chi connectivity index (χ1v) is 3.00. The van der Waals surface area contributed by atoms with E-state index in [1.165, 1.54) is 19.0 Å². The van der Waals surface area contributed by atoms with Crippen molar-refractivity contribution in [2.45, 2.75) is 0 Å². The Kier molecular flexibility index (Phi) is 3.86. The van der Waals surface area contributed by atoms with Gasteiger partial charge in [0.2, 0.25) is 12.1 Å². The molecule has 0 aromatic rings. The van der Waals surface area contributed by atoms with Crippen molar-refractivity contribution in [3.05, 3.63) is 17.7 Å². The molecular formula is C6H8N3O2Y-. The van der Waals surface area contributed by atoms with Crippen molar-refractivity contribution < 1.29 is 42.3 Å². The minimum absolute atomic E-state index is 0. The van der Waals surface area contributed by atoms with Crippen LogP contribution < -0.4 is 0 Å². The molecule has 0 unspecified atom stereocenters. The van der Waals surface area contributed by atoms with Gasteiger partial charge in [-0.1, -0.05) is 6.58 Å². The zero-order valence-electron chi connectivity index (χ0n) is 6.94. The molecule has 0 N–H and O–H groups in total. The van der Waals surface area contributed by atoms with E-state index < -0.39 is 12.1 Å². The number of carbonyl (C=O) groups is 2. The van der Waals surface area contributed by atoms with Crippen LogP contribution in [-0.2, 0) is 32.7 Å². The van der Waals surface area contributed by atoms with Gasteiger partial charge in [0, 0.05) is 38.5 Å². The van der Waals surface area contributed by atoms with Crippen molar-refractivity contribution in [3.8, 4) is 0 Å². The van der Waals surface area contributed by atoms with Crippen molar-refractivity contribution in [2.24, 2.45) is 0 Å². The second-order valence-corrected chi connectivity index (χ2v) is 2.21. The minimum Gasteiger partial charge on any atom is -0.368 e. The van der Waals surface area contributed by atoms with E-state index in [4.69, 9.17) is 0 Å². The van der Waals surface area contributed by atoms with Crippen molar-refractivity contribution >= 4 is 12.1 Å². The van der Waals surface area contributed by atoms with Gasteiger partial charge in [-0.3, -0.25) is 9.59 Å². The van der Waals surface area contributed by atoms with Crippen LogP contribution in [0.3, 0.4) is 0 Å². The quantitative estimate of drug-likeness (QED) is 0.635. The molecule has 6 heteroatoms. The number of hydrogen-bond acceptors (Lipinski definition) is 2. The van der Waals surface area contributed by atoms with E-state index in [0.717, 1.165) is 4.90 Å². The molecular weight excluding hydrogens is 235 g/mol. The molecule has 1 fully saturated rings. The van der Waals surface area contributed by atoms with Crippen molar-refractivity contribution in [2.75, 3.05) is 14.1 Å². The van der Waals surface area contributed by atoms with Crippen LogP contribution in [0.5, 0.6) is 0 Å². The summed E-state index contributed by atoms with van der Waals surface area (Å²) in [4.78, 5) is 24.0. The normalized spacial score (nSPS) is 17.3. The molecule has 0 aliphatic carbocycles. The Morgan fingerprint density at radius 3 is 2.25 bits per heavy atom. The Labute approximate surface area is 95.6 Å². The van der Waals surface area contributed by atoms with Crippen molar-refractivity contribution in [1.82, 2.24) is 9.80 Å². The molecule has 1 rings (SSSR count). The van der Waals surface area contributed by atoms with E-state index in [-0.39, 0.29) is 38.5 Å². The van der Waals surface area contributed by atoms with Crippen LogP contribution in [0, 0.1) is 0 Å². The first-order chi connectivity index (χ1) is 5.04. The predicted molar refractivity (Wildman–Crippen MR) is 38.8 cm³/mol. The first kappa shape index (κ1) is 11.6. The van der Waals surface area contributed by atoms with Crippen LogP contribution in [0.15, 0.2) is 12.4 Å². The van der Waals surface area contributed by atoms with Gasteiger partial charge in [-0.25, -0.2) is 0 Å². The zero-order valence-corrected chi connectivity index (χ0v) is 9.78. The second kappa shape index (κ2) is 4.00. The summed E-state index contributed by atoms with van der Waals surface area (Å²) < 4.78 is 0. The summed E-state index contributed by atoms with van der Waals surface area (Å²) >= 11 is 0. The Balaban J connectivity index is 0.00000121. The van der Waals surface area contributed by atoms with E-state index in [1.807, 2.05) is 0 Å². The SMILES string of the molecule is C=C1[N-]C(=O)N(C)C(=O)N1C.[Y]. The number of imide groups is 1. The maximum atomic E-state index is 11.1. The molecule has 1 saturated heterocycles. The third-order valence-corrected chi connectivity index (χ3v) is 1.47. The van der Waals surface area contributed by atoms with Crippen molar-refractivity contribution in [1.29, 1.82) is 0 Å². The van der Waals surface area contributed by atoms with Crippen LogP contribution in [-0.4, -0.2) is 36.0 Å². The van der Waals surface area contributed by atoms with E-state index >= 15 is 0 Å². The van der Waals surface area contributed by atoms with E-state index in [9.17, 15) is 9.59 Å². The summed E-state index contributed by atoms with van der Waals surface area (Å²) in [5, 5.41) is 3.49. The van der Waals surface area contributed by atoms with E-state index in [0.29, 0.717) is 0 Å². The number of nitrogens with zero attached hydrogens (tertiary/aromatic N) is 3. The number of rotatable bonds is 0. The van der Waals surface area contributed by atoms with E-state index in [2.05, 4.69) is 11.9 Å². The summed E-state index contributed by atoms with van der Waals surface area (Å²) in [5.41, 5.74) is 0. The van der Waals surface area contributed by atoms with Crippen LogP contribution >= 0.6 is 0 Å². The molecule has 1 aliphatic heterocycles. The molecule has 12 heavy (non-hydrogen) atoms. The number of carbonyl (C=O) groups excluding carboxylic acids is 2. The smallest absolute Gasteiger partial charge is 0.225 e. The molecule has 4 amide bonds. The van der Waals surface area contributed by atoms with Crippen molar-refractivity contribution in [3.63, 3.8) is 0 Å². The van der Waals surface area contributed by atoms with Gasteiger partial charge in [0.15, 0.2) is 0 Å². The van der Waals surface area contributed by atoms with Gasteiger partial charge in [-0.2, -0.15) is 0 Å². The van der Waals surface area contributed by atoms with Gasteiger partial charge in [0.1, 0.15) is 0 Å². The van der Waals surface area contributed by atoms with Gasteiger partial charge in [-0.15, -0.1) is 0 Å². The van der Waals surface area contributed by atoms with E-state index in [1.54, 1.807) is 0 Å². The molecule has 63 valence electrons. The third-order valence-electron chi connectivity index (χ3n) is 1.47. The van der Waals surface area contributed by atoms with Crippen LogP contribution in [0.2, 0.25) is 0 Å². The Hall–Kier alpha value is -0.416. The molecule has 0 atom stereocenters. The third kappa shape index (κ3) is 1.84. The van der Waals surface area contributed by atoms with Gasteiger partial charge in [-0.05, 0) is 14.1 Å². The molecule has 0 aromatic carbocycles. The molecule has 0 saturated carbocycles. The number of hydrogen-bond donors (Lipinski definition) is 0. The molecule has 0 spiro atoms. The zero-order chi connectivity index (χ0) is 8.59. The largest absolute Gasteiger partial charge is 0.368 e. The van der Waals surface area contributed by atoms with Gasteiger partial charge >= 0.3 is 0 Å². The van der Waals surface area contributed by atoms with Crippen LogP contribution in [0.1, 0.15) is 0 Å². The summed E-state index contributed by atoms with van der Waals surface area (Å²) in [6, 6.07) is -0.979. The Morgan fingerprint density at radius 2 is 1.75 bits per heavy atom. The fraction of sp³-hybridized carbons (Fsp3) is 0.333. The molecule has 1 aliphatic rings. The molecule has 5 nitrogen and oxygen atoms in total. The summed E-state index contributed by atoms with van der Waals surface area (Å²) in [6.45, 7) is 3.42. The number of urea groups is 2. The summed E-state index contributed by atoms with van der Waals surface area (Å²) in [7, 11) is 2.88.